The van der Waals surface area contributed by atoms with Gasteiger partial charge in [0.25, 0.3) is 0 Å². The first kappa shape index (κ1) is 4.43. The monoisotopic (exact) mass is 105 g/mol. The number of nitrogens with two attached hydrogens (primary N) is 1. The molecule has 0 aromatic carbocycles. The third-order valence-electron chi connectivity index (χ3n) is 0.800. The summed E-state index contributed by atoms with van der Waals surface area (Å²) in [6.07, 6.45) is 0.356. The molecular formula is C3H7NOS. The lowest BCUT2D eigenvalue weighted by Gasteiger charge is -2.21. The first-order valence-electron chi connectivity index (χ1n) is 1.87. The topological polar surface area (TPSA) is 35.2 Å². The zero-order chi connectivity index (χ0) is 4.41. The average Bonchev–Trinajstić information content (AvgIpc) is 1.31. The van der Waals surface area contributed by atoms with Crippen LogP contribution in [0.25, 0.3) is 0 Å². The van der Waals surface area contributed by atoms with Gasteiger partial charge >= 0.3 is 0 Å². The van der Waals surface area contributed by atoms with E-state index in [1.54, 1.807) is 0 Å². The van der Waals surface area contributed by atoms with E-state index in [-0.39, 0.29) is 0 Å². The molecule has 36 valence electrons. The molecule has 0 aromatic heterocycles. The molecule has 0 saturated carbocycles. The zero-order valence-corrected chi connectivity index (χ0v) is 4.20. The van der Waals surface area contributed by atoms with Gasteiger partial charge in [-0.25, -0.2) is 5.90 Å². The van der Waals surface area contributed by atoms with Gasteiger partial charge in [-0.3, -0.25) is 4.84 Å². The van der Waals surface area contributed by atoms with Crippen LogP contribution in [-0.2, 0) is 4.84 Å². The minimum Gasteiger partial charge on any atom is -0.300 e. The van der Waals surface area contributed by atoms with Gasteiger partial charge in [-0.1, -0.05) is 0 Å². The number of thioether (sulfide) groups is 1. The van der Waals surface area contributed by atoms with Crippen LogP contribution in [-0.4, -0.2) is 17.6 Å². The zero-order valence-electron chi connectivity index (χ0n) is 3.39. The summed E-state index contributed by atoms with van der Waals surface area (Å²) >= 11 is 1.86. The Bertz CT molecular complexity index is 43.3. The molecule has 1 heterocycles. The summed E-state index contributed by atoms with van der Waals surface area (Å²) in [5, 5.41) is 0. The fourth-order valence-corrected chi connectivity index (χ4v) is 0.878. The average molecular weight is 105 g/mol. The highest BCUT2D eigenvalue weighted by Gasteiger charge is 2.16. The molecule has 0 aliphatic carbocycles. The molecule has 0 atom stereocenters. The molecule has 1 aliphatic heterocycles. The van der Waals surface area contributed by atoms with Crippen LogP contribution in [0, 0.1) is 0 Å². The Balaban J connectivity index is 2.01. The molecule has 0 bridgehead atoms. The second kappa shape index (κ2) is 1.82. The first-order chi connectivity index (χ1) is 2.93. The van der Waals surface area contributed by atoms with Crippen LogP contribution >= 0.6 is 11.8 Å². The summed E-state index contributed by atoms with van der Waals surface area (Å²) < 4.78 is 0. The molecule has 0 aromatic rings. The van der Waals surface area contributed by atoms with E-state index in [2.05, 4.69) is 4.84 Å². The van der Waals surface area contributed by atoms with Crippen LogP contribution in [0.4, 0.5) is 0 Å². The van der Waals surface area contributed by atoms with E-state index < -0.39 is 0 Å². The fraction of sp³-hybridized carbons (Fsp3) is 1.00. The Morgan fingerprint density at radius 2 is 2.33 bits per heavy atom. The van der Waals surface area contributed by atoms with E-state index in [4.69, 9.17) is 5.90 Å². The molecule has 2 N–H and O–H groups in total. The van der Waals surface area contributed by atoms with E-state index in [0.29, 0.717) is 6.10 Å². The first-order valence-corrected chi connectivity index (χ1v) is 3.02. The van der Waals surface area contributed by atoms with Gasteiger partial charge in [0.05, 0.1) is 6.10 Å². The van der Waals surface area contributed by atoms with Crippen LogP contribution in [0.5, 0.6) is 0 Å². The van der Waals surface area contributed by atoms with Crippen molar-refractivity contribution in [2.75, 3.05) is 11.5 Å². The predicted octanol–water partition coefficient (Wildman–Crippen LogP) is -0.00790. The Morgan fingerprint density at radius 3 is 2.33 bits per heavy atom. The number of hydrogen-bond donors (Lipinski definition) is 1. The molecular weight excluding hydrogens is 98.1 g/mol. The van der Waals surface area contributed by atoms with Crippen molar-refractivity contribution in [1.82, 2.24) is 0 Å². The molecule has 1 rings (SSSR count). The van der Waals surface area contributed by atoms with Gasteiger partial charge < -0.3 is 0 Å². The lowest BCUT2D eigenvalue weighted by atomic mass is 10.5. The molecule has 1 aliphatic rings. The van der Waals surface area contributed by atoms with Crippen molar-refractivity contribution in [2.45, 2.75) is 6.10 Å². The minimum atomic E-state index is 0.356. The summed E-state index contributed by atoms with van der Waals surface area (Å²) in [6, 6.07) is 0. The number of rotatable bonds is 1. The fourth-order valence-electron chi connectivity index (χ4n) is 0.293. The molecule has 6 heavy (non-hydrogen) atoms. The molecule has 2 nitrogen and oxygen atoms in total. The van der Waals surface area contributed by atoms with Crippen molar-refractivity contribution in [3.63, 3.8) is 0 Å². The minimum absolute atomic E-state index is 0.356. The van der Waals surface area contributed by atoms with Crippen LogP contribution in [0.2, 0.25) is 0 Å². The van der Waals surface area contributed by atoms with E-state index in [0.717, 1.165) is 11.5 Å². The van der Waals surface area contributed by atoms with Gasteiger partial charge in [-0.2, -0.15) is 11.8 Å². The van der Waals surface area contributed by atoms with Gasteiger partial charge in [-0.05, 0) is 0 Å². The van der Waals surface area contributed by atoms with Crippen LogP contribution in [0.3, 0.4) is 0 Å². The normalized spacial score (nSPS) is 23.5. The molecule has 1 fully saturated rings. The predicted molar refractivity (Wildman–Crippen MR) is 26.4 cm³/mol. The smallest absolute Gasteiger partial charge is 0.0967 e. The highest BCUT2D eigenvalue weighted by atomic mass is 32.2. The molecule has 3 heteroatoms. The molecule has 0 spiro atoms. The Morgan fingerprint density at radius 1 is 1.67 bits per heavy atom. The Hall–Kier alpha value is 0.270. The summed E-state index contributed by atoms with van der Waals surface area (Å²) in [6.45, 7) is 0. The van der Waals surface area contributed by atoms with Crippen LogP contribution in [0.15, 0.2) is 0 Å². The third-order valence-corrected chi connectivity index (χ3v) is 2.01. The van der Waals surface area contributed by atoms with E-state index in [1.165, 1.54) is 0 Å². The maximum Gasteiger partial charge on any atom is 0.0967 e. The van der Waals surface area contributed by atoms with E-state index >= 15 is 0 Å². The molecule has 1 saturated heterocycles. The van der Waals surface area contributed by atoms with Crippen molar-refractivity contribution in [3.05, 3.63) is 0 Å². The van der Waals surface area contributed by atoms with Crippen molar-refractivity contribution in [1.29, 1.82) is 0 Å². The maximum absolute atomic E-state index is 4.82. The van der Waals surface area contributed by atoms with Gasteiger partial charge in [0.2, 0.25) is 0 Å². The van der Waals surface area contributed by atoms with Gasteiger partial charge in [0.15, 0.2) is 0 Å². The van der Waals surface area contributed by atoms with Crippen molar-refractivity contribution < 1.29 is 4.84 Å². The Labute approximate surface area is 41.0 Å². The van der Waals surface area contributed by atoms with E-state index in [1.807, 2.05) is 11.8 Å². The summed E-state index contributed by atoms with van der Waals surface area (Å²) in [5.74, 6) is 6.98. The summed E-state index contributed by atoms with van der Waals surface area (Å²) in [7, 11) is 0. The van der Waals surface area contributed by atoms with Crippen LogP contribution in [0.1, 0.15) is 0 Å². The summed E-state index contributed by atoms with van der Waals surface area (Å²) in [5.41, 5.74) is 0. The highest BCUT2D eigenvalue weighted by Crippen LogP contribution is 2.18. The third kappa shape index (κ3) is 0.668. The van der Waals surface area contributed by atoms with Crippen molar-refractivity contribution >= 4 is 11.8 Å². The molecule has 0 radical (unpaired) electrons. The summed E-state index contributed by atoms with van der Waals surface area (Å²) in [4.78, 5) is 4.47. The second-order valence-corrected chi connectivity index (χ2v) is 2.37. The highest BCUT2D eigenvalue weighted by molar-refractivity contribution is 8.00. The molecule has 0 unspecified atom stereocenters. The Kier molecular flexibility index (Phi) is 1.34. The lowest BCUT2D eigenvalue weighted by molar-refractivity contribution is 0.0790. The maximum atomic E-state index is 4.82. The van der Waals surface area contributed by atoms with E-state index in [9.17, 15) is 0 Å². The largest absolute Gasteiger partial charge is 0.300 e. The van der Waals surface area contributed by atoms with Gasteiger partial charge in [0, 0.05) is 11.5 Å². The van der Waals surface area contributed by atoms with Crippen molar-refractivity contribution in [3.8, 4) is 0 Å². The lowest BCUT2D eigenvalue weighted by Crippen LogP contribution is -2.30. The standard InChI is InChI=1S/C3H7NOS/c4-5-3-1-6-2-3/h3H,1-2,4H2. The molecule has 0 amide bonds. The van der Waals surface area contributed by atoms with Crippen LogP contribution < -0.4 is 5.90 Å². The number of hydrogen-bond acceptors (Lipinski definition) is 3. The second-order valence-electron chi connectivity index (χ2n) is 1.30. The SMILES string of the molecule is NOC1CSC1. The quantitative estimate of drug-likeness (QED) is 0.476. The van der Waals surface area contributed by atoms with Crippen molar-refractivity contribution in [2.24, 2.45) is 5.90 Å². The van der Waals surface area contributed by atoms with Gasteiger partial charge in [-0.15, -0.1) is 0 Å². The van der Waals surface area contributed by atoms with Gasteiger partial charge in [0.1, 0.15) is 0 Å².